The number of alkyl halides is 23. The van der Waals surface area contributed by atoms with Crippen molar-refractivity contribution in [1.29, 1.82) is 0 Å². The van der Waals surface area contributed by atoms with Crippen molar-refractivity contribution in [1.82, 2.24) is 0 Å². The van der Waals surface area contributed by atoms with Gasteiger partial charge in [-0.3, -0.25) is 52.7 Å². The fourth-order valence-electron chi connectivity index (χ4n) is 7.15. The Morgan fingerprint density at radius 3 is 0.782 bits per heavy atom. The van der Waals surface area contributed by atoms with Gasteiger partial charge < -0.3 is 57.3 Å². The van der Waals surface area contributed by atoms with E-state index in [1.165, 1.54) is 69.4 Å². The van der Waals surface area contributed by atoms with Gasteiger partial charge in [0.1, 0.15) is 45.4 Å². The fraction of sp³-hybridized carbons (Fsp3) is 0.863. The summed E-state index contributed by atoms with van der Waals surface area (Å²) in [5.74, 6) is -6.24. The molecule has 0 heterocycles. The van der Waals surface area contributed by atoms with Crippen LogP contribution in [0, 0.1) is 21.7 Å². The minimum Gasteiger partial charge on any atom is -0.465 e. The van der Waals surface area contributed by atoms with E-state index in [4.69, 9.17) is 82.7 Å². The summed E-state index contributed by atoms with van der Waals surface area (Å²) in [5, 5.41) is 16.9. The third kappa shape index (κ3) is 116. The molecule has 0 saturated carbocycles. The normalized spacial score (nSPS) is 14.1. The minimum atomic E-state index is -5.21. The molecule has 0 aromatic carbocycles. The molecule has 0 bridgehead atoms. The van der Waals surface area contributed by atoms with Crippen molar-refractivity contribution in [3.05, 3.63) is 0 Å². The van der Waals surface area contributed by atoms with E-state index in [0.717, 1.165) is 0 Å². The summed E-state index contributed by atoms with van der Waals surface area (Å²) in [6.45, 7) is 32.2. The van der Waals surface area contributed by atoms with Crippen molar-refractivity contribution >= 4 is 166 Å². The maximum atomic E-state index is 12.8. The molecule has 0 rings (SSSR count). The van der Waals surface area contributed by atoms with E-state index in [9.17, 15) is 136 Å². The summed E-state index contributed by atoms with van der Waals surface area (Å²) < 4.78 is 278. The first-order valence-electron chi connectivity index (χ1n) is 37.7. The molecule has 0 aliphatic carbocycles. The number of halogens is 27. The predicted molar refractivity (Wildman–Crippen MR) is 485 cm³/mol. The van der Waals surface area contributed by atoms with Gasteiger partial charge >= 0.3 is 90.5 Å². The van der Waals surface area contributed by atoms with Crippen LogP contribution in [0.15, 0.2) is 0 Å². The number of rotatable bonds is 38. The Kier molecular flexibility index (Phi) is 102. The molecule has 0 aromatic rings. The zero-order valence-corrected chi connectivity index (χ0v) is 83.7. The smallest absolute Gasteiger partial charge is 0.465 e. The molecular formula is C80H149BrCl6F20O24Si2. The molecule has 7 unspecified atom stereocenters. The molecule has 2 N–H and O–H groups in total. The fourth-order valence-corrected chi connectivity index (χ4v) is 8.61. The van der Waals surface area contributed by atoms with Gasteiger partial charge in [-0.25, -0.2) is 9.18 Å². The summed E-state index contributed by atoms with van der Waals surface area (Å²) in [6.07, 6.45) is -28.2. The average Bonchev–Trinajstić information content (AvgIpc) is 0.818. The number of esters is 8. The number of aliphatic hydroxyl groups is 2. The van der Waals surface area contributed by atoms with E-state index >= 15 is 0 Å². The van der Waals surface area contributed by atoms with Gasteiger partial charge in [0.25, 0.3) is 0 Å². The molecule has 0 fully saturated rings. The third-order valence-corrected chi connectivity index (χ3v) is 16.6. The van der Waals surface area contributed by atoms with Gasteiger partial charge in [0.15, 0.2) is 41.4 Å². The number of methoxy groups -OCH3 is 1. The molecule has 0 amide bonds. The van der Waals surface area contributed by atoms with Gasteiger partial charge in [0.2, 0.25) is 10.5 Å². The van der Waals surface area contributed by atoms with Crippen LogP contribution < -0.4 is 0 Å². The highest BCUT2D eigenvalue weighted by Crippen LogP contribution is 2.44. The SMILES string of the molecule is C.C.C.C.C.C.CC.CC(=O)Cl.CC(=O)Cl.CCC(C)(CCC(C)(CC(C)(Cl)C(=O)OCCOC)C(=O)OCCO)C(=O)OCC(F)(F)F.CCC(C)(CCC(C)(Cl)C(=O)OCCO)C(=O)OCC(F)(F)F.CCC(C)(CCC(C)(Cl)C(=O)OCCO[Si](C)(C)C)C(=O)OCC(F)(F)F.CCOC(=O)C(C)(C)Br.C[Si](C)(C)C.FC(F)(F)COC(F)(F)F.FCC(F)(F)F.O=C(F)Cl. The maximum Gasteiger partial charge on any atom is 0.522 e. The largest absolute Gasteiger partial charge is 0.522 e. The van der Waals surface area contributed by atoms with Gasteiger partial charge in [-0.2, -0.15) is 65.9 Å². The van der Waals surface area contributed by atoms with Crippen molar-refractivity contribution in [3.8, 4) is 0 Å². The minimum absolute atomic E-state index is 0. The lowest BCUT2D eigenvalue weighted by atomic mass is 9.72. The quantitative estimate of drug-likeness (QED) is 0.0110. The second-order valence-corrected chi connectivity index (χ2v) is 46.9. The molecule has 0 radical (unpaired) electrons. The van der Waals surface area contributed by atoms with E-state index in [0.29, 0.717) is 6.61 Å². The van der Waals surface area contributed by atoms with E-state index in [-0.39, 0.29) is 171 Å². The molecule has 7 atom stereocenters. The average molecular weight is 2220 g/mol. The molecule has 0 aliphatic heterocycles. The first-order valence-corrected chi connectivity index (χ1v) is 48.1. The van der Waals surface area contributed by atoms with E-state index in [1.807, 2.05) is 33.5 Å². The highest BCUT2D eigenvalue weighted by Gasteiger charge is 2.49. The second-order valence-electron chi connectivity index (χ2n) is 30.5. The number of hydrogen-bond acceptors (Lipinski definition) is 24. The van der Waals surface area contributed by atoms with Crippen LogP contribution in [-0.4, -0.2) is 246 Å². The van der Waals surface area contributed by atoms with Crippen LogP contribution in [0.1, 0.15) is 226 Å². The monoisotopic (exact) mass is 2220 g/mol. The van der Waals surface area contributed by atoms with Crippen molar-refractivity contribution in [2.24, 2.45) is 21.7 Å². The molecule has 24 nitrogen and oxygen atoms in total. The number of carbonyl (C=O) groups is 11. The Balaban J connectivity index is -0.0000000813. The lowest BCUT2D eigenvalue weighted by molar-refractivity contribution is -0.352. The highest BCUT2D eigenvalue weighted by molar-refractivity contribution is 9.10. The standard InChI is InChI=1S/C21H34ClF3O8.C17H30ClF3O5Si.C14H22ClF3O5.C6H11BrO2.C4H12Si.C3H2F6O.2C2H3ClO.C2H2F4.C2H6.CClFO.6CH4/c1-6-18(2,15(27)33-14-21(23,24)25)7-8-19(3,16(28)31-10-9-26)13-20(4,22)17(29)32-12-11-30-5;1-7-15(2,13(22)25-12-17(19,20)21)8-9-16(3,18)14(23)24-10-11-26-27(4,5)6;1-4-12(2,10(20)23-9-14(16,17)18)5-6-13(3,15)11(21)22-8-7-19;1-4-9-5(8)6(2,3)7;1-5(2,3)4;4-2(5,6)1-10-3(7,8)9;2*1-2(3)4;3-1-2(4,5)6;1-2;2-1(3)4;;;;;;/h26H,6-14H2,1-5H3;7-12H2,1-6H3;19H,4-9H2,1-3H3;4H2,1-3H3;1-4H3;1H2;2*1H3;1H2;1-2H3;;6*1H4. The van der Waals surface area contributed by atoms with Crippen LogP contribution in [0.5, 0.6) is 0 Å². The number of ether oxygens (including phenoxy) is 10. The zero-order valence-electron chi connectivity index (χ0n) is 75.6. The highest BCUT2D eigenvalue weighted by atomic mass is 79.9. The summed E-state index contributed by atoms with van der Waals surface area (Å²) in [5.41, 5.74) is -6.99. The summed E-state index contributed by atoms with van der Waals surface area (Å²) in [6, 6.07) is 0. The van der Waals surface area contributed by atoms with E-state index in [1.54, 1.807) is 41.5 Å². The lowest BCUT2D eigenvalue weighted by Crippen LogP contribution is -2.43. The van der Waals surface area contributed by atoms with Crippen molar-refractivity contribution in [2.75, 3.05) is 99.7 Å². The maximum absolute atomic E-state index is 12.8. The van der Waals surface area contributed by atoms with Crippen LogP contribution in [0.3, 0.4) is 0 Å². The molecule has 0 spiro atoms. The third-order valence-electron chi connectivity index (χ3n) is 14.3. The Labute approximate surface area is 813 Å². The van der Waals surface area contributed by atoms with Gasteiger partial charge in [-0.15, -0.1) is 52.4 Å². The van der Waals surface area contributed by atoms with Crippen LogP contribution in [-0.2, 0) is 99.7 Å². The van der Waals surface area contributed by atoms with Crippen molar-refractivity contribution < 1.29 is 203 Å². The number of carbonyl (C=O) groups excluding carboxylic acids is 11. The number of hydrogen-bond donors (Lipinski definition) is 2. The Morgan fingerprint density at radius 2 is 0.586 bits per heavy atom. The zero-order chi connectivity index (χ0) is 104. The molecule has 0 saturated heterocycles. The van der Waals surface area contributed by atoms with Crippen molar-refractivity contribution in [2.45, 2.75) is 328 Å². The second kappa shape index (κ2) is 80.5. The van der Waals surface area contributed by atoms with Crippen LogP contribution in [0.25, 0.3) is 0 Å². The summed E-state index contributed by atoms with van der Waals surface area (Å²) in [4.78, 5) is 119. The molecular weight excluding hydrogens is 2070 g/mol. The van der Waals surface area contributed by atoms with Gasteiger partial charge in [0.05, 0.1) is 54.7 Å². The van der Waals surface area contributed by atoms with Crippen LogP contribution in [0.2, 0.25) is 45.8 Å². The van der Waals surface area contributed by atoms with Crippen LogP contribution >= 0.6 is 85.5 Å². The Bertz CT molecular complexity index is 3020. The molecule has 53 heteroatoms. The first-order chi connectivity index (χ1) is 56.4. The van der Waals surface area contributed by atoms with Gasteiger partial charge in [0, 0.05) is 29.0 Å². The first kappa shape index (κ1) is 168. The molecule has 0 aromatic heterocycles. The lowest BCUT2D eigenvalue weighted by Gasteiger charge is -2.36. The Hall–Kier alpha value is -4.18. The van der Waals surface area contributed by atoms with E-state index < -0.39 is 181 Å². The molecule has 133 heavy (non-hydrogen) atoms. The van der Waals surface area contributed by atoms with Crippen molar-refractivity contribution in [3.63, 3.8) is 0 Å². The van der Waals surface area contributed by atoms with Gasteiger partial charge in [-0.1, -0.05) is 121 Å². The number of aliphatic hydroxyl groups excluding tert-OH is 2. The van der Waals surface area contributed by atoms with E-state index in [2.05, 4.69) is 95.9 Å². The van der Waals surface area contributed by atoms with Gasteiger partial charge in [-0.05, 0) is 188 Å². The molecule has 0 aliphatic rings. The summed E-state index contributed by atoms with van der Waals surface area (Å²) >= 11 is 35.1. The summed E-state index contributed by atoms with van der Waals surface area (Å²) in [7, 11) is -0.898. The predicted octanol–water partition coefficient (Wildman–Crippen LogP) is 25.9. The molecule has 810 valence electrons. The topological polar surface area (TPSA) is 330 Å². The van der Waals surface area contributed by atoms with Crippen LogP contribution in [0.4, 0.5) is 92.6 Å². The Morgan fingerprint density at radius 1 is 0.361 bits per heavy atom.